The molecule has 0 aromatic heterocycles. The lowest BCUT2D eigenvalue weighted by atomic mass is 9.99. The molecule has 0 saturated carbocycles. The molecule has 0 spiro atoms. The van der Waals surface area contributed by atoms with Crippen molar-refractivity contribution in [3.8, 4) is 6.07 Å². The molecule has 17 heavy (non-hydrogen) atoms. The SMILES string of the molecule is Cc1ccc(N(C)CCCC(C)(N)C#N)cc1. The standard InChI is InChI=1S/C14H21N3/c1-12-5-7-13(8-6-12)17(3)10-4-9-14(2,16)11-15/h5-8H,4,9-10,16H2,1-3H3. The Morgan fingerprint density at radius 3 is 2.47 bits per heavy atom. The lowest BCUT2D eigenvalue weighted by molar-refractivity contribution is 0.523. The maximum absolute atomic E-state index is 8.82. The van der Waals surface area contributed by atoms with Gasteiger partial charge in [0, 0.05) is 19.3 Å². The molecule has 1 atom stereocenters. The lowest BCUT2D eigenvalue weighted by Gasteiger charge is -2.21. The van der Waals surface area contributed by atoms with Crippen LogP contribution in [0, 0.1) is 18.3 Å². The van der Waals surface area contributed by atoms with Crippen molar-refractivity contribution in [3.05, 3.63) is 29.8 Å². The molecule has 1 aromatic rings. The van der Waals surface area contributed by atoms with Gasteiger partial charge in [-0.05, 0) is 38.8 Å². The summed E-state index contributed by atoms with van der Waals surface area (Å²) in [6.45, 7) is 4.77. The first kappa shape index (κ1) is 13.5. The molecule has 0 radical (unpaired) electrons. The molecule has 1 rings (SSSR count). The van der Waals surface area contributed by atoms with E-state index in [0.29, 0.717) is 0 Å². The number of nitrogens with zero attached hydrogens (tertiary/aromatic N) is 2. The Bertz CT molecular complexity index is 387. The fraction of sp³-hybridized carbons (Fsp3) is 0.500. The Balaban J connectivity index is 2.43. The molecule has 1 unspecified atom stereocenters. The second-order valence-corrected chi connectivity index (χ2v) is 4.89. The molecule has 0 aliphatic carbocycles. The number of nitrogens with two attached hydrogens (primary N) is 1. The van der Waals surface area contributed by atoms with Gasteiger partial charge >= 0.3 is 0 Å². The van der Waals surface area contributed by atoms with E-state index in [4.69, 9.17) is 11.0 Å². The molecular weight excluding hydrogens is 210 g/mol. The van der Waals surface area contributed by atoms with Gasteiger partial charge < -0.3 is 10.6 Å². The number of hydrogen-bond donors (Lipinski definition) is 1. The molecule has 0 amide bonds. The van der Waals surface area contributed by atoms with E-state index in [-0.39, 0.29) is 0 Å². The predicted molar refractivity (Wildman–Crippen MR) is 71.9 cm³/mol. The molecule has 0 aliphatic rings. The first-order valence-electron chi connectivity index (χ1n) is 5.92. The van der Waals surface area contributed by atoms with E-state index >= 15 is 0 Å². The Hall–Kier alpha value is -1.53. The summed E-state index contributed by atoms with van der Waals surface area (Å²) in [5.41, 5.74) is 7.55. The van der Waals surface area contributed by atoms with Crippen LogP contribution in [0.25, 0.3) is 0 Å². The summed E-state index contributed by atoms with van der Waals surface area (Å²) >= 11 is 0. The number of benzene rings is 1. The predicted octanol–water partition coefficient (Wildman–Crippen LogP) is 2.45. The minimum atomic E-state index is -0.700. The van der Waals surface area contributed by atoms with Gasteiger partial charge in [-0.2, -0.15) is 5.26 Å². The monoisotopic (exact) mass is 231 g/mol. The van der Waals surface area contributed by atoms with Crippen LogP contribution in [0.2, 0.25) is 0 Å². The van der Waals surface area contributed by atoms with E-state index in [2.05, 4.69) is 49.2 Å². The van der Waals surface area contributed by atoms with Crippen molar-refractivity contribution >= 4 is 5.69 Å². The highest BCUT2D eigenvalue weighted by molar-refractivity contribution is 5.46. The van der Waals surface area contributed by atoms with Crippen LogP contribution in [-0.2, 0) is 0 Å². The largest absolute Gasteiger partial charge is 0.375 e. The molecule has 3 nitrogen and oxygen atoms in total. The van der Waals surface area contributed by atoms with Crippen LogP contribution in [0.1, 0.15) is 25.3 Å². The highest BCUT2D eigenvalue weighted by atomic mass is 15.1. The number of aryl methyl sites for hydroxylation is 1. The number of rotatable bonds is 5. The fourth-order valence-electron chi connectivity index (χ4n) is 1.67. The van der Waals surface area contributed by atoms with Crippen LogP contribution in [0.4, 0.5) is 5.69 Å². The van der Waals surface area contributed by atoms with Crippen LogP contribution in [0.3, 0.4) is 0 Å². The van der Waals surface area contributed by atoms with Crippen LogP contribution in [0.15, 0.2) is 24.3 Å². The van der Waals surface area contributed by atoms with Gasteiger partial charge in [0.05, 0.1) is 6.07 Å². The smallest absolute Gasteiger partial charge is 0.101 e. The Kier molecular flexibility index (Phi) is 4.53. The third-order valence-corrected chi connectivity index (χ3v) is 2.92. The Morgan fingerprint density at radius 1 is 1.35 bits per heavy atom. The average Bonchev–Trinajstić information content (AvgIpc) is 2.29. The molecule has 0 saturated heterocycles. The summed E-state index contributed by atoms with van der Waals surface area (Å²) in [6, 6.07) is 10.6. The Labute approximate surface area is 104 Å². The average molecular weight is 231 g/mol. The number of anilines is 1. The van der Waals surface area contributed by atoms with Crippen molar-refractivity contribution in [2.24, 2.45) is 5.73 Å². The molecule has 0 fully saturated rings. The summed E-state index contributed by atoms with van der Waals surface area (Å²) in [6.07, 6.45) is 1.64. The first-order chi connectivity index (χ1) is 7.94. The van der Waals surface area contributed by atoms with Crippen LogP contribution in [-0.4, -0.2) is 19.1 Å². The van der Waals surface area contributed by atoms with Crippen molar-refractivity contribution in [3.63, 3.8) is 0 Å². The topological polar surface area (TPSA) is 53.0 Å². The zero-order chi connectivity index (χ0) is 12.9. The van der Waals surface area contributed by atoms with Gasteiger partial charge in [0.1, 0.15) is 5.54 Å². The summed E-state index contributed by atoms with van der Waals surface area (Å²) in [5.74, 6) is 0. The molecule has 0 bridgehead atoms. The second kappa shape index (κ2) is 5.70. The van der Waals surface area contributed by atoms with Gasteiger partial charge in [-0.25, -0.2) is 0 Å². The van der Waals surface area contributed by atoms with E-state index in [0.717, 1.165) is 19.4 Å². The minimum absolute atomic E-state index is 0.700. The minimum Gasteiger partial charge on any atom is -0.375 e. The zero-order valence-electron chi connectivity index (χ0n) is 10.9. The van der Waals surface area contributed by atoms with Crippen LogP contribution < -0.4 is 10.6 Å². The highest BCUT2D eigenvalue weighted by Crippen LogP contribution is 2.15. The zero-order valence-corrected chi connectivity index (χ0v) is 10.9. The summed E-state index contributed by atoms with van der Waals surface area (Å²) in [5, 5.41) is 8.82. The van der Waals surface area contributed by atoms with Gasteiger partial charge in [0.15, 0.2) is 0 Å². The van der Waals surface area contributed by atoms with E-state index in [1.54, 1.807) is 6.92 Å². The number of hydrogen-bond acceptors (Lipinski definition) is 3. The molecule has 0 aliphatic heterocycles. The van der Waals surface area contributed by atoms with Crippen LogP contribution >= 0.6 is 0 Å². The molecule has 3 heteroatoms. The fourth-order valence-corrected chi connectivity index (χ4v) is 1.67. The molecular formula is C14H21N3. The van der Waals surface area contributed by atoms with Crippen molar-refractivity contribution in [1.29, 1.82) is 5.26 Å². The van der Waals surface area contributed by atoms with Crippen molar-refractivity contribution in [2.45, 2.75) is 32.2 Å². The van der Waals surface area contributed by atoms with Gasteiger partial charge in [-0.3, -0.25) is 0 Å². The highest BCUT2D eigenvalue weighted by Gasteiger charge is 2.16. The second-order valence-electron chi connectivity index (χ2n) is 4.89. The maximum atomic E-state index is 8.82. The van der Waals surface area contributed by atoms with Crippen LogP contribution in [0.5, 0.6) is 0 Å². The van der Waals surface area contributed by atoms with Crippen molar-refractivity contribution in [1.82, 2.24) is 0 Å². The first-order valence-corrected chi connectivity index (χ1v) is 5.92. The summed E-state index contributed by atoms with van der Waals surface area (Å²) in [7, 11) is 2.06. The maximum Gasteiger partial charge on any atom is 0.101 e. The third-order valence-electron chi connectivity index (χ3n) is 2.92. The number of nitriles is 1. The van der Waals surface area contributed by atoms with E-state index in [1.807, 2.05) is 0 Å². The Morgan fingerprint density at radius 2 is 1.94 bits per heavy atom. The van der Waals surface area contributed by atoms with Gasteiger partial charge in [0.2, 0.25) is 0 Å². The summed E-state index contributed by atoms with van der Waals surface area (Å²) < 4.78 is 0. The lowest BCUT2D eigenvalue weighted by Crippen LogP contribution is -2.35. The van der Waals surface area contributed by atoms with E-state index in [1.165, 1.54) is 11.3 Å². The van der Waals surface area contributed by atoms with Gasteiger partial charge in [-0.1, -0.05) is 17.7 Å². The quantitative estimate of drug-likeness (QED) is 0.847. The van der Waals surface area contributed by atoms with Crippen molar-refractivity contribution in [2.75, 3.05) is 18.5 Å². The summed E-state index contributed by atoms with van der Waals surface area (Å²) in [4.78, 5) is 2.19. The molecule has 1 aromatic carbocycles. The molecule has 2 N–H and O–H groups in total. The normalized spacial score (nSPS) is 13.8. The van der Waals surface area contributed by atoms with E-state index in [9.17, 15) is 0 Å². The van der Waals surface area contributed by atoms with Gasteiger partial charge in [0.25, 0.3) is 0 Å². The third kappa shape index (κ3) is 4.46. The molecule has 92 valence electrons. The van der Waals surface area contributed by atoms with Gasteiger partial charge in [-0.15, -0.1) is 0 Å². The van der Waals surface area contributed by atoms with E-state index < -0.39 is 5.54 Å². The van der Waals surface area contributed by atoms with Crippen molar-refractivity contribution < 1.29 is 0 Å². The molecule has 0 heterocycles.